The molecular formula is C24H24N2O6S. The van der Waals surface area contributed by atoms with E-state index in [1.54, 1.807) is 54.6 Å². The topological polar surface area (TPSA) is 102 Å². The molecule has 33 heavy (non-hydrogen) atoms. The van der Waals surface area contributed by atoms with Gasteiger partial charge < -0.3 is 14.8 Å². The monoisotopic (exact) mass is 468 g/mol. The van der Waals surface area contributed by atoms with Crippen molar-refractivity contribution in [2.45, 2.75) is 13.0 Å². The number of carbonyl (C=O) groups is 2. The van der Waals surface area contributed by atoms with Gasteiger partial charge in [-0.1, -0.05) is 24.3 Å². The number of carbonyl (C=O) groups excluding carboxylic acids is 2. The number of nitrogens with zero attached hydrogens (tertiary/aromatic N) is 1. The molecule has 3 aromatic carbocycles. The lowest BCUT2D eigenvalue weighted by atomic mass is 10.2. The van der Waals surface area contributed by atoms with Crippen LogP contribution in [-0.4, -0.2) is 39.7 Å². The van der Waals surface area contributed by atoms with Crippen LogP contribution >= 0.6 is 0 Å². The van der Waals surface area contributed by atoms with Crippen LogP contribution in [0.1, 0.15) is 17.3 Å². The molecule has 0 aromatic heterocycles. The second-order valence-electron chi connectivity index (χ2n) is 7.21. The predicted octanol–water partition coefficient (Wildman–Crippen LogP) is 4.06. The van der Waals surface area contributed by atoms with Crippen molar-refractivity contribution in [3.63, 3.8) is 0 Å². The van der Waals surface area contributed by atoms with Gasteiger partial charge in [0.1, 0.15) is 17.5 Å². The van der Waals surface area contributed by atoms with Gasteiger partial charge in [0.2, 0.25) is 15.9 Å². The third-order valence-electron chi connectivity index (χ3n) is 4.71. The largest absolute Gasteiger partial charge is 0.465 e. The van der Waals surface area contributed by atoms with Crippen molar-refractivity contribution in [1.29, 1.82) is 0 Å². The molecule has 0 spiro atoms. The van der Waals surface area contributed by atoms with Gasteiger partial charge >= 0.3 is 5.97 Å². The number of sulfonamides is 1. The van der Waals surface area contributed by atoms with Crippen LogP contribution in [0, 0.1) is 0 Å². The van der Waals surface area contributed by atoms with Gasteiger partial charge in [-0.25, -0.2) is 13.2 Å². The van der Waals surface area contributed by atoms with E-state index in [9.17, 15) is 18.0 Å². The summed E-state index contributed by atoms with van der Waals surface area (Å²) in [6.45, 7) is 1.48. The highest BCUT2D eigenvalue weighted by atomic mass is 32.2. The van der Waals surface area contributed by atoms with Crippen molar-refractivity contribution < 1.29 is 27.5 Å². The number of ether oxygens (including phenoxy) is 2. The predicted molar refractivity (Wildman–Crippen MR) is 126 cm³/mol. The molecular weight excluding hydrogens is 444 g/mol. The summed E-state index contributed by atoms with van der Waals surface area (Å²) in [7, 11) is -2.53. The molecule has 0 radical (unpaired) electrons. The molecule has 0 aliphatic rings. The van der Waals surface area contributed by atoms with Crippen LogP contribution in [0.3, 0.4) is 0 Å². The highest BCUT2D eigenvalue weighted by molar-refractivity contribution is 7.92. The van der Waals surface area contributed by atoms with Crippen LogP contribution in [-0.2, 0) is 19.6 Å². The maximum absolute atomic E-state index is 12.9. The van der Waals surface area contributed by atoms with Gasteiger partial charge in [0.15, 0.2) is 0 Å². The van der Waals surface area contributed by atoms with Crippen molar-refractivity contribution in [2.24, 2.45) is 0 Å². The van der Waals surface area contributed by atoms with Crippen molar-refractivity contribution in [3.8, 4) is 11.5 Å². The normalized spacial score (nSPS) is 11.8. The van der Waals surface area contributed by atoms with Gasteiger partial charge in [0.05, 0.1) is 24.6 Å². The average Bonchev–Trinajstić information content (AvgIpc) is 2.79. The molecule has 1 atom stereocenters. The fourth-order valence-corrected chi connectivity index (χ4v) is 4.36. The van der Waals surface area contributed by atoms with Gasteiger partial charge in [-0.2, -0.15) is 0 Å². The number of nitrogens with one attached hydrogen (secondary N) is 1. The molecule has 0 saturated carbocycles. The van der Waals surface area contributed by atoms with E-state index in [0.29, 0.717) is 22.9 Å². The third-order valence-corrected chi connectivity index (χ3v) is 5.95. The molecule has 0 aliphatic carbocycles. The van der Waals surface area contributed by atoms with E-state index in [2.05, 4.69) is 10.1 Å². The van der Waals surface area contributed by atoms with E-state index >= 15 is 0 Å². The van der Waals surface area contributed by atoms with Gasteiger partial charge in [-0.3, -0.25) is 9.10 Å². The number of benzene rings is 3. The van der Waals surface area contributed by atoms with E-state index in [1.807, 2.05) is 18.2 Å². The van der Waals surface area contributed by atoms with E-state index in [0.717, 1.165) is 10.6 Å². The Hall–Kier alpha value is -3.85. The number of amides is 1. The van der Waals surface area contributed by atoms with Crippen LogP contribution in [0.4, 0.5) is 11.4 Å². The smallest absolute Gasteiger partial charge is 0.337 e. The quantitative estimate of drug-likeness (QED) is 0.500. The Labute approximate surface area is 192 Å². The summed E-state index contributed by atoms with van der Waals surface area (Å²) in [6.07, 6.45) is 1.03. The Morgan fingerprint density at radius 3 is 2.15 bits per heavy atom. The highest BCUT2D eigenvalue weighted by Crippen LogP contribution is 2.27. The van der Waals surface area contributed by atoms with Crippen LogP contribution in [0.2, 0.25) is 0 Å². The minimum atomic E-state index is -3.79. The zero-order valence-electron chi connectivity index (χ0n) is 18.4. The van der Waals surface area contributed by atoms with E-state index in [4.69, 9.17) is 4.74 Å². The van der Waals surface area contributed by atoms with Gasteiger partial charge in [-0.05, 0) is 61.5 Å². The number of methoxy groups -OCH3 is 1. The zero-order chi connectivity index (χ0) is 24.0. The first-order valence-corrected chi connectivity index (χ1v) is 11.9. The lowest BCUT2D eigenvalue weighted by Crippen LogP contribution is -2.45. The van der Waals surface area contributed by atoms with Gasteiger partial charge in [0.25, 0.3) is 0 Å². The summed E-state index contributed by atoms with van der Waals surface area (Å²) in [4.78, 5) is 24.6. The fourth-order valence-electron chi connectivity index (χ4n) is 3.18. The van der Waals surface area contributed by atoms with Crippen LogP contribution in [0.25, 0.3) is 0 Å². The number of hydrogen-bond acceptors (Lipinski definition) is 6. The highest BCUT2D eigenvalue weighted by Gasteiger charge is 2.29. The third kappa shape index (κ3) is 6.11. The Balaban J connectivity index is 1.80. The molecule has 0 unspecified atom stereocenters. The first kappa shape index (κ1) is 23.8. The minimum absolute atomic E-state index is 0.261. The number of anilines is 2. The van der Waals surface area contributed by atoms with Crippen LogP contribution in [0.15, 0.2) is 78.9 Å². The van der Waals surface area contributed by atoms with E-state index in [1.165, 1.54) is 20.1 Å². The lowest BCUT2D eigenvalue weighted by Gasteiger charge is -2.28. The molecule has 1 N–H and O–H groups in total. The second-order valence-corrected chi connectivity index (χ2v) is 9.06. The molecule has 0 bridgehead atoms. The Morgan fingerprint density at radius 2 is 1.55 bits per heavy atom. The molecule has 3 rings (SSSR count). The van der Waals surface area contributed by atoms with Crippen molar-refractivity contribution >= 4 is 33.3 Å². The van der Waals surface area contributed by atoms with Crippen LogP contribution in [0.5, 0.6) is 11.5 Å². The Bertz CT molecular complexity index is 1230. The molecule has 0 aliphatic heterocycles. The first-order chi connectivity index (χ1) is 15.7. The SMILES string of the molecule is COC(=O)c1cccc(NC(=O)[C@@H](C)N(c2ccc(Oc3ccccc3)cc2)S(C)(=O)=O)c1. The molecule has 9 heteroatoms. The van der Waals surface area contributed by atoms with E-state index in [-0.39, 0.29) is 5.56 Å². The van der Waals surface area contributed by atoms with Gasteiger partial charge in [-0.15, -0.1) is 0 Å². The van der Waals surface area contributed by atoms with Crippen LogP contribution < -0.4 is 14.4 Å². The summed E-state index contributed by atoms with van der Waals surface area (Å²) >= 11 is 0. The van der Waals surface area contributed by atoms with Crippen molar-refractivity contribution in [3.05, 3.63) is 84.4 Å². The van der Waals surface area contributed by atoms with Crippen molar-refractivity contribution in [2.75, 3.05) is 23.0 Å². The molecule has 8 nitrogen and oxygen atoms in total. The maximum atomic E-state index is 12.9. The first-order valence-electron chi connectivity index (χ1n) is 10.0. The minimum Gasteiger partial charge on any atom is -0.465 e. The molecule has 3 aromatic rings. The molecule has 0 heterocycles. The average molecular weight is 469 g/mol. The summed E-state index contributed by atoms with van der Waals surface area (Å²) in [5, 5.41) is 2.65. The molecule has 172 valence electrons. The van der Waals surface area contributed by atoms with E-state index < -0.39 is 27.9 Å². The number of hydrogen-bond donors (Lipinski definition) is 1. The molecule has 1 amide bonds. The maximum Gasteiger partial charge on any atom is 0.337 e. The Kier molecular flexibility index (Phi) is 7.34. The Morgan fingerprint density at radius 1 is 0.909 bits per heavy atom. The molecule has 0 saturated heterocycles. The van der Waals surface area contributed by atoms with Crippen molar-refractivity contribution in [1.82, 2.24) is 0 Å². The summed E-state index contributed by atoms with van der Waals surface area (Å²) < 4.78 is 36.5. The molecule has 0 fully saturated rings. The summed E-state index contributed by atoms with van der Waals surface area (Å²) in [6, 6.07) is 20.7. The van der Waals surface area contributed by atoms with Gasteiger partial charge in [0, 0.05) is 5.69 Å². The summed E-state index contributed by atoms with van der Waals surface area (Å²) in [5.74, 6) is 0.0593. The number of para-hydroxylation sites is 1. The standard InChI is InChI=1S/C24H24N2O6S/c1-17(23(27)25-19-9-7-8-18(16-19)24(28)31-2)26(33(3,29)30)20-12-14-22(15-13-20)32-21-10-5-4-6-11-21/h4-17H,1-3H3,(H,25,27)/t17-/m1/s1. The lowest BCUT2D eigenvalue weighted by molar-refractivity contribution is -0.116. The number of rotatable bonds is 8. The zero-order valence-corrected chi connectivity index (χ0v) is 19.2. The number of esters is 1. The second kappa shape index (κ2) is 10.2. The summed E-state index contributed by atoms with van der Waals surface area (Å²) in [5.41, 5.74) is 0.913. The fraction of sp³-hybridized carbons (Fsp3) is 0.167.